The molecule has 0 aliphatic heterocycles. The molecule has 0 atom stereocenters. The van der Waals surface area contributed by atoms with Crippen molar-refractivity contribution in [1.82, 2.24) is 15.6 Å². The zero-order chi connectivity index (χ0) is 19.2. The fourth-order valence-electron chi connectivity index (χ4n) is 2.13. The van der Waals surface area contributed by atoms with Crippen molar-refractivity contribution in [3.63, 3.8) is 0 Å². The minimum absolute atomic E-state index is 0.0497. The highest BCUT2D eigenvalue weighted by Crippen LogP contribution is 2.27. The number of thiazole rings is 1. The van der Waals surface area contributed by atoms with Gasteiger partial charge < -0.3 is 21.2 Å². The summed E-state index contributed by atoms with van der Waals surface area (Å²) < 4.78 is 5.73. The standard InChI is InChI=1S/C17H16N6O2S2/c18-15(19)23-17-21-12(9-27-17)13-7-6-11(25-13)8-20-16(26)22-14(24)10-4-2-1-3-5-10/h1-7,9H,8H2,(H4,18,19,21,23)(H2,20,22,24,26). The van der Waals surface area contributed by atoms with Crippen molar-refractivity contribution >= 4 is 45.7 Å². The van der Waals surface area contributed by atoms with Gasteiger partial charge in [-0.05, 0) is 36.5 Å². The van der Waals surface area contributed by atoms with E-state index in [-0.39, 0.29) is 17.0 Å². The van der Waals surface area contributed by atoms with Crippen LogP contribution in [0, 0.1) is 0 Å². The molecule has 0 spiro atoms. The molecule has 1 amide bonds. The van der Waals surface area contributed by atoms with Crippen LogP contribution in [-0.4, -0.2) is 22.0 Å². The highest BCUT2D eigenvalue weighted by molar-refractivity contribution is 7.80. The molecule has 0 aliphatic carbocycles. The number of hydrogen-bond donors (Lipinski definition) is 4. The maximum absolute atomic E-state index is 12.0. The molecule has 0 aliphatic rings. The van der Waals surface area contributed by atoms with Gasteiger partial charge in [0, 0.05) is 10.9 Å². The monoisotopic (exact) mass is 400 g/mol. The van der Waals surface area contributed by atoms with E-state index in [0.717, 1.165) is 0 Å². The zero-order valence-electron chi connectivity index (χ0n) is 14.0. The Morgan fingerprint density at radius 1 is 1.22 bits per heavy atom. The summed E-state index contributed by atoms with van der Waals surface area (Å²) in [5, 5.41) is 8.00. The average Bonchev–Trinajstić information content (AvgIpc) is 3.29. The predicted molar refractivity (Wildman–Crippen MR) is 109 cm³/mol. The van der Waals surface area contributed by atoms with Crippen molar-refractivity contribution in [3.05, 3.63) is 59.2 Å². The first-order valence-electron chi connectivity index (χ1n) is 7.80. The summed E-state index contributed by atoms with van der Waals surface area (Å²) in [6.07, 6.45) is 0. The topological polar surface area (TPSA) is 132 Å². The van der Waals surface area contributed by atoms with Gasteiger partial charge in [0.2, 0.25) is 5.13 Å². The van der Waals surface area contributed by atoms with Crippen LogP contribution in [0.1, 0.15) is 16.1 Å². The second kappa shape index (κ2) is 8.43. The molecule has 0 saturated heterocycles. The lowest BCUT2D eigenvalue weighted by Crippen LogP contribution is -2.38. The van der Waals surface area contributed by atoms with Gasteiger partial charge in [-0.15, -0.1) is 11.3 Å². The van der Waals surface area contributed by atoms with Gasteiger partial charge in [0.05, 0.1) is 6.54 Å². The van der Waals surface area contributed by atoms with E-state index in [1.807, 2.05) is 6.07 Å². The first-order valence-corrected chi connectivity index (χ1v) is 9.08. The number of nitrogens with two attached hydrogens (primary N) is 2. The third kappa shape index (κ3) is 5.12. The average molecular weight is 400 g/mol. The maximum atomic E-state index is 12.0. The molecular formula is C17H16N6O2S2. The Hall–Kier alpha value is -3.24. The Bertz CT molecular complexity index is 976. The highest BCUT2D eigenvalue weighted by Gasteiger charge is 2.11. The Morgan fingerprint density at radius 3 is 2.74 bits per heavy atom. The fourth-order valence-corrected chi connectivity index (χ4v) is 2.99. The smallest absolute Gasteiger partial charge is 0.257 e. The number of hydrogen-bond acceptors (Lipinski definition) is 6. The lowest BCUT2D eigenvalue weighted by Gasteiger charge is -2.08. The molecule has 27 heavy (non-hydrogen) atoms. The van der Waals surface area contributed by atoms with Crippen LogP contribution in [0.4, 0.5) is 5.13 Å². The summed E-state index contributed by atoms with van der Waals surface area (Å²) in [5.74, 6) is 0.895. The van der Waals surface area contributed by atoms with Crippen LogP contribution >= 0.6 is 23.6 Å². The summed E-state index contributed by atoms with van der Waals surface area (Å²) >= 11 is 6.44. The molecule has 0 radical (unpaired) electrons. The number of benzene rings is 1. The molecule has 10 heteroatoms. The molecule has 0 unspecified atom stereocenters. The second-order valence-corrected chi connectivity index (χ2v) is 6.57. The fraction of sp³-hybridized carbons (Fsp3) is 0.0588. The molecule has 0 fully saturated rings. The SMILES string of the molecule is NC(N)=Nc1nc(-c2ccc(CNC(=S)NC(=O)c3ccccc3)o2)cs1. The molecule has 1 aromatic carbocycles. The van der Waals surface area contributed by atoms with E-state index in [2.05, 4.69) is 20.6 Å². The van der Waals surface area contributed by atoms with Crippen molar-refractivity contribution in [1.29, 1.82) is 0 Å². The van der Waals surface area contributed by atoms with Crippen LogP contribution in [0.15, 0.2) is 57.3 Å². The number of nitrogens with zero attached hydrogens (tertiary/aromatic N) is 2. The lowest BCUT2D eigenvalue weighted by atomic mass is 10.2. The Kier molecular flexibility index (Phi) is 5.79. The summed E-state index contributed by atoms with van der Waals surface area (Å²) in [7, 11) is 0. The van der Waals surface area contributed by atoms with Gasteiger partial charge in [-0.25, -0.2) is 4.98 Å². The number of guanidine groups is 1. The molecule has 2 heterocycles. The van der Waals surface area contributed by atoms with Crippen LogP contribution in [0.2, 0.25) is 0 Å². The molecule has 138 valence electrons. The number of thiocarbonyl (C=S) groups is 1. The minimum atomic E-state index is -0.275. The molecule has 2 aromatic heterocycles. The number of amides is 1. The first-order chi connectivity index (χ1) is 13.0. The van der Waals surface area contributed by atoms with Crippen LogP contribution in [0.25, 0.3) is 11.5 Å². The third-order valence-electron chi connectivity index (χ3n) is 3.32. The normalized spacial score (nSPS) is 10.2. The van der Waals surface area contributed by atoms with E-state index in [9.17, 15) is 4.79 Å². The van der Waals surface area contributed by atoms with Gasteiger partial charge in [-0.3, -0.25) is 10.1 Å². The summed E-state index contributed by atoms with van der Waals surface area (Å²) in [4.78, 5) is 20.2. The minimum Gasteiger partial charge on any atom is -0.458 e. The number of rotatable bonds is 5. The van der Waals surface area contributed by atoms with E-state index in [1.54, 1.807) is 41.8 Å². The van der Waals surface area contributed by atoms with Gasteiger partial charge in [-0.2, -0.15) is 4.99 Å². The number of carbonyl (C=O) groups excluding carboxylic acids is 1. The maximum Gasteiger partial charge on any atom is 0.257 e. The van der Waals surface area contributed by atoms with Crippen LogP contribution in [-0.2, 0) is 6.54 Å². The van der Waals surface area contributed by atoms with Crippen molar-refractivity contribution < 1.29 is 9.21 Å². The molecule has 8 nitrogen and oxygen atoms in total. The van der Waals surface area contributed by atoms with E-state index in [0.29, 0.717) is 34.5 Å². The third-order valence-corrected chi connectivity index (χ3v) is 4.30. The van der Waals surface area contributed by atoms with Gasteiger partial charge in [0.1, 0.15) is 11.5 Å². The lowest BCUT2D eigenvalue weighted by molar-refractivity contribution is 0.0976. The van der Waals surface area contributed by atoms with Crippen LogP contribution in [0.5, 0.6) is 0 Å². The van der Waals surface area contributed by atoms with Gasteiger partial charge in [0.15, 0.2) is 16.8 Å². The van der Waals surface area contributed by atoms with Gasteiger partial charge in [0.25, 0.3) is 5.91 Å². The Labute approximate surface area is 164 Å². The number of carbonyl (C=O) groups is 1. The second-order valence-electron chi connectivity index (χ2n) is 5.32. The summed E-state index contributed by atoms with van der Waals surface area (Å²) in [6.45, 7) is 0.318. The highest BCUT2D eigenvalue weighted by atomic mass is 32.1. The Balaban J connectivity index is 1.55. The van der Waals surface area contributed by atoms with Crippen molar-refractivity contribution in [3.8, 4) is 11.5 Å². The van der Waals surface area contributed by atoms with Crippen molar-refractivity contribution in [2.24, 2.45) is 16.5 Å². The molecule has 3 aromatic rings. The van der Waals surface area contributed by atoms with Crippen LogP contribution < -0.4 is 22.1 Å². The van der Waals surface area contributed by atoms with Gasteiger partial charge in [-0.1, -0.05) is 18.2 Å². The Morgan fingerprint density at radius 2 is 2.00 bits per heavy atom. The zero-order valence-corrected chi connectivity index (χ0v) is 15.6. The number of aromatic nitrogens is 1. The number of aliphatic imine (C=N–C) groups is 1. The summed E-state index contributed by atoms with van der Waals surface area (Å²) in [5.41, 5.74) is 11.8. The molecule has 0 saturated carbocycles. The summed E-state index contributed by atoms with van der Waals surface area (Å²) in [6, 6.07) is 12.4. The largest absolute Gasteiger partial charge is 0.458 e. The van der Waals surface area contributed by atoms with Crippen molar-refractivity contribution in [2.45, 2.75) is 6.54 Å². The van der Waals surface area contributed by atoms with E-state index in [4.69, 9.17) is 28.1 Å². The van der Waals surface area contributed by atoms with Gasteiger partial charge >= 0.3 is 0 Å². The number of nitrogens with one attached hydrogen (secondary N) is 2. The molecule has 3 rings (SSSR count). The molecular weight excluding hydrogens is 384 g/mol. The van der Waals surface area contributed by atoms with Crippen molar-refractivity contribution in [2.75, 3.05) is 0 Å². The van der Waals surface area contributed by atoms with E-state index in [1.165, 1.54) is 11.3 Å². The predicted octanol–water partition coefficient (Wildman–Crippen LogP) is 2.11. The van der Waals surface area contributed by atoms with E-state index < -0.39 is 0 Å². The first kappa shape index (κ1) is 18.5. The molecule has 0 bridgehead atoms. The molecule has 6 N–H and O–H groups in total. The van der Waals surface area contributed by atoms with E-state index >= 15 is 0 Å². The van der Waals surface area contributed by atoms with Crippen LogP contribution in [0.3, 0.4) is 0 Å². The quantitative estimate of drug-likeness (QED) is 0.293. The number of furan rings is 1.